The van der Waals surface area contributed by atoms with Gasteiger partial charge in [0.05, 0.1) is 5.56 Å². The standard InChI is InChI=1S/C15H21BrN4O/c16-11-8-12(14(19-17)18-9-11)15(21)20-7-3-5-10-4-1-2-6-13(10)20/h8-10,13H,1-7,17H2,(H,18,19)/t10-,13-/m1/s1. The lowest BCUT2D eigenvalue weighted by molar-refractivity contribution is 0.0391. The van der Waals surface area contributed by atoms with E-state index in [1.54, 1.807) is 12.3 Å². The van der Waals surface area contributed by atoms with E-state index in [1.807, 2.05) is 0 Å². The first kappa shape index (κ1) is 14.8. The number of nitrogen functional groups attached to an aromatic ring is 1. The van der Waals surface area contributed by atoms with Crippen LogP contribution in [-0.4, -0.2) is 28.4 Å². The minimum absolute atomic E-state index is 0.0494. The molecule has 1 saturated carbocycles. The predicted molar refractivity (Wildman–Crippen MR) is 85.8 cm³/mol. The molecule has 1 amide bonds. The number of carbonyl (C=O) groups is 1. The number of hydrazine groups is 1. The SMILES string of the molecule is NNc1ncc(Br)cc1C(=O)N1CCC[C@H]2CCCC[C@H]21. The topological polar surface area (TPSA) is 71.2 Å². The molecule has 1 aromatic heterocycles. The van der Waals surface area contributed by atoms with Gasteiger partial charge in [-0.25, -0.2) is 10.8 Å². The van der Waals surface area contributed by atoms with Gasteiger partial charge < -0.3 is 10.3 Å². The molecule has 0 radical (unpaired) electrons. The first-order chi connectivity index (χ1) is 10.2. The van der Waals surface area contributed by atoms with Crippen LogP contribution in [0.25, 0.3) is 0 Å². The Morgan fingerprint density at radius 1 is 1.33 bits per heavy atom. The number of fused-ring (bicyclic) bond motifs is 1. The van der Waals surface area contributed by atoms with E-state index in [9.17, 15) is 4.79 Å². The van der Waals surface area contributed by atoms with Gasteiger partial charge in [0.15, 0.2) is 5.82 Å². The smallest absolute Gasteiger partial charge is 0.257 e. The van der Waals surface area contributed by atoms with Crippen molar-refractivity contribution < 1.29 is 4.79 Å². The van der Waals surface area contributed by atoms with Crippen molar-refractivity contribution in [3.63, 3.8) is 0 Å². The van der Waals surface area contributed by atoms with Crippen LogP contribution in [0.5, 0.6) is 0 Å². The Balaban J connectivity index is 1.88. The fourth-order valence-corrected chi connectivity index (χ4v) is 4.08. The lowest BCUT2D eigenvalue weighted by Gasteiger charge is -2.44. The summed E-state index contributed by atoms with van der Waals surface area (Å²) in [6.07, 6.45) is 8.91. The molecule has 2 aliphatic rings. The first-order valence-corrected chi connectivity index (χ1v) is 8.43. The second-order valence-corrected chi connectivity index (χ2v) is 6.86. The van der Waals surface area contributed by atoms with Crippen LogP contribution in [0.1, 0.15) is 48.9 Å². The van der Waals surface area contributed by atoms with Crippen LogP contribution in [0, 0.1) is 5.92 Å². The number of anilines is 1. The molecule has 1 saturated heterocycles. The molecule has 6 heteroatoms. The first-order valence-electron chi connectivity index (χ1n) is 7.64. The number of piperidine rings is 1. The molecule has 5 nitrogen and oxygen atoms in total. The quantitative estimate of drug-likeness (QED) is 0.634. The summed E-state index contributed by atoms with van der Waals surface area (Å²) in [6.45, 7) is 0.844. The van der Waals surface area contributed by atoms with E-state index in [0.29, 0.717) is 23.3 Å². The summed E-state index contributed by atoms with van der Waals surface area (Å²) in [5.74, 6) is 6.67. The minimum Gasteiger partial charge on any atom is -0.335 e. The third kappa shape index (κ3) is 2.92. The molecule has 3 rings (SSSR count). The van der Waals surface area contributed by atoms with Crippen LogP contribution in [0.2, 0.25) is 0 Å². The number of nitrogens with one attached hydrogen (secondary N) is 1. The van der Waals surface area contributed by atoms with Gasteiger partial charge in [-0.05, 0) is 53.6 Å². The van der Waals surface area contributed by atoms with Crippen LogP contribution >= 0.6 is 15.9 Å². The van der Waals surface area contributed by atoms with Crippen molar-refractivity contribution in [3.8, 4) is 0 Å². The average Bonchev–Trinajstić information content (AvgIpc) is 2.53. The molecule has 1 aliphatic carbocycles. The van der Waals surface area contributed by atoms with Crippen molar-refractivity contribution in [3.05, 3.63) is 22.3 Å². The molecule has 2 heterocycles. The van der Waals surface area contributed by atoms with Gasteiger partial charge in [0.25, 0.3) is 5.91 Å². The second kappa shape index (κ2) is 6.32. The summed E-state index contributed by atoms with van der Waals surface area (Å²) in [5, 5.41) is 0. The highest BCUT2D eigenvalue weighted by Gasteiger charge is 2.36. The number of nitrogens with zero attached hydrogens (tertiary/aromatic N) is 2. The van der Waals surface area contributed by atoms with Gasteiger partial charge in [-0.1, -0.05) is 12.8 Å². The van der Waals surface area contributed by atoms with Gasteiger partial charge in [-0.15, -0.1) is 0 Å². The van der Waals surface area contributed by atoms with Gasteiger partial charge in [-0.3, -0.25) is 4.79 Å². The summed E-state index contributed by atoms with van der Waals surface area (Å²) >= 11 is 3.38. The average molecular weight is 353 g/mol. The summed E-state index contributed by atoms with van der Waals surface area (Å²) in [5.41, 5.74) is 3.09. The lowest BCUT2D eigenvalue weighted by Crippen LogP contribution is -2.49. The molecule has 21 heavy (non-hydrogen) atoms. The molecule has 0 bridgehead atoms. The number of likely N-dealkylation sites (tertiary alicyclic amines) is 1. The van der Waals surface area contributed by atoms with Crippen LogP contribution in [-0.2, 0) is 0 Å². The van der Waals surface area contributed by atoms with Crippen molar-refractivity contribution in [1.82, 2.24) is 9.88 Å². The lowest BCUT2D eigenvalue weighted by atomic mass is 9.78. The molecule has 0 spiro atoms. The highest BCUT2D eigenvalue weighted by Crippen LogP contribution is 2.36. The van der Waals surface area contributed by atoms with E-state index in [2.05, 4.69) is 31.2 Å². The number of pyridine rings is 1. The van der Waals surface area contributed by atoms with Crippen molar-refractivity contribution in [1.29, 1.82) is 0 Å². The summed E-state index contributed by atoms with van der Waals surface area (Å²) < 4.78 is 0.794. The number of nitrogens with two attached hydrogens (primary N) is 1. The zero-order valence-corrected chi connectivity index (χ0v) is 13.6. The van der Waals surface area contributed by atoms with Crippen LogP contribution in [0.3, 0.4) is 0 Å². The molecule has 114 valence electrons. The molecule has 3 N–H and O–H groups in total. The number of carbonyl (C=O) groups excluding carboxylic acids is 1. The van der Waals surface area contributed by atoms with Crippen molar-refractivity contribution >= 4 is 27.7 Å². The Morgan fingerprint density at radius 2 is 2.10 bits per heavy atom. The van der Waals surface area contributed by atoms with Gasteiger partial charge in [0.2, 0.25) is 0 Å². The Bertz CT molecular complexity index is 534. The fourth-order valence-electron chi connectivity index (χ4n) is 3.75. The normalized spacial score (nSPS) is 25.3. The zero-order chi connectivity index (χ0) is 14.8. The maximum Gasteiger partial charge on any atom is 0.257 e. The summed E-state index contributed by atoms with van der Waals surface area (Å²) in [4.78, 5) is 19.2. The Morgan fingerprint density at radius 3 is 2.90 bits per heavy atom. The fraction of sp³-hybridized carbons (Fsp3) is 0.600. The predicted octanol–water partition coefficient (Wildman–Crippen LogP) is 2.92. The molecule has 2 atom stereocenters. The van der Waals surface area contributed by atoms with Crippen LogP contribution in [0.15, 0.2) is 16.7 Å². The maximum absolute atomic E-state index is 13.0. The Labute approximate surface area is 133 Å². The van der Waals surface area contributed by atoms with Crippen molar-refractivity contribution in [2.45, 2.75) is 44.6 Å². The highest BCUT2D eigenvalue weighted by atomic mass is 79.9. The van der Waals surface area contributed by atoms with E-state index in [-0.39, 0.29) is 5.91 Å². The van der Waals surface area contributed by atoms with Crippen molar-refractivity contribution in [2.24, 2.45) is 11.8 Å². The zero-order valence-electron chi connectivity index (χ0n) is 12.0. The van der Waals surface area contributed by atoms with E-state index in [4.69, 9.17) is 5.84 Å². The minimum atomic E-state index is 0.0494. The van der Waals surface area contributed by atoms with E-state index < -0.39 is 0 Å². The summed E-state index contributed by atoms with van der Waals surface area (Å²) in [6, 6.07) is 2.20. The summed E-state index contributed by atoms with van der Waals surface area (Å²) in [7, 11) is 0. The monoisotopic (exact) mass is 352 g/mol. The van der Waals surface area contributed by atoms with E-state index in [0.717, 1.165) is 23.9 Å². The molecular weight excluding hydrogens is 332 g/mol. The largest absolute Gasteiger partial charge is 0.335 e. The third-order valence-corrected chi connectivity index (χ3v) is 5.16. The third-order valence-electron chi connectivity index (χ3n) is 4.73. The number of rotatable bonds is 2. The number of halogens is 1. The maximum atomic E-state index is 13.0. The van der Waals surface area contributed by atoms with E-state index in [1.165, 1.54) is 25.7 Å². The second-order valence-electron chi connectivity index (χ2n) is 5.95. The molecular formula is C15H21BrN4O. The number of hydrogen-bond acceptors (Lipinski definition) is 4. The molecule has 1 aliphatic heterocycles. The van der Waals surface area contributed by atoms with Crippen LogP contribution < -0.4 is 11.3 Å². The number of aromatic nitrogens is 1. The van der Waals surface area contributed by atoms with Crippen LogP contribution in [0.4, 0.5) is 5.82 Å². The molecule has 1 aromatic rings. The van der Waals surface area contributed by atoms with Gasteiger partial charge in [0, 0.05) is 23.3 Å². The molecule has 2 fully saturated rings. The Kier molecular flexibility index (Phi) is 4.45. The number of hydrogen-bond donors (Lipinski definition) is 2. The van der Waals surface area contributed by atoms with E-state index >= 15 is 0 Å². The molecule has 0 aromatic carbocycles. The van der Waals surface area contributed by atoms with Gasteiger partial charge in [0.1, 0.15) is 0 Å². The van der Waals surface area contributed by atoms with Gasteiger partial charge >= 0.3 is 0 Å². The Hall–Kier alpha value is -1.14. The van der Waals surface area contributed by atoms with Crippen molar-refractivity contribution in [2.75, 3.05) is 12.0 Å². The van der Waals surface area contributed by atoms with Gasteiger partial charge in [-0.2, -0.15) is 0 Å². The molecule has 0 unspecified atom stereocenters. The number of amides is 1. The highest BCUT2D eigenvalue weighted by molar-refractivity contribution is 9.10.